The fourth-order valence-electron chi connectivity index (χ4n) is 0.353. The van der Waals surface area contributed by atoms with Gasteiger partial charge in [-0.3, -0.25) is 0 Å². The molecule has 2 N–H and O–H groups in total. The Kier molecular flexibility index (Phi) is 4.79. The van der Waals surface area contributed by atoms with E-state index >= 15 is 0 Å². The Morgan fingerprint density at radius 1 is 1.62 bits per heavy atom. The van der Waals surface area contributed by atoms with Crippen LogP contribution in [0.25, 0.3) is 0 Å². The molecule has 0 bridgehead atoms. The molecule has 3 heteroatoms. The van der Waals surface area contributed by atoms with Gasteiger partial charge in [0.25, 0.3) is 0 Å². The Hall–Kier alpha value is 0.586. The first kappa shape index (κ1) is 8.59. The molecule has 0 saturated heterocycles. The van der Waals surface area contributed by atoms with Gasteiger partial charge in [0, 0.05) is 6.26 Å². The minimum Gasteiger partial charge on any atom is -0.558 e. The van der Waals surface area contributed by atoms with Crippen LogP contribution in [-0.2, 0) is 4.74 Å². The van der Waals surface area contributed by atoms with Gasteiger partial charge in [-0.05, 0) is 6.61 Å². The summed E-state index contributed by atoms with van der Waals surface area (Å²) in [6, 6.07) is 0. The molecule has 1 heterocycles. The van der Waals surface area contributed by atoms with E-state index < -0.39 is 0 Å². The molecule has 38 valence electrons. The minimum atomic E-state index is 0. The van der Waals surface area contributed by atoms with E-state index in [-0.39, 0.29) is 51.4 Å². The van der Waals surface area contributed by atoms with Crippen LogP contribution in [0.2, 0.25) is 0 Å². The standard InChI is InChI=1S/C5H6NO.K/c6-5-2-1-3-7-4-5;/h1-4H,6H2;/q-1;+1. The molecule has 0 atom stereocenters. The molecule has 0 fully saturated rings. The van der Waals surface area contributed by atoms with Crippen molar-refractivity contribution in [3.63, 3.8) is 0 Å². The number of hydrogen-bond donors (Lipinski definition) is 1. The maximum atomic E-state index is 5.26. The van der Waals surface area contributed by atoms with Crippen LogP contribution in [0.3, 0.4) is 0 Å². The molecule has 0 amide bonds. The van der Waals surface area contributed by atoms with E-state index in [4.69, 9.17) is 5.73 Å². The molecule has 1 rings (SSSR count). The van der Waals surface area contributed by atoms with Crippen molar-refractivity contribution in [2.24, 2.45) is 5.73 Å². The van der Waals surface area contributed by atoms with Crippen molar-refractivity contribution in [3.05, 3.63) is 30.7 Å². The van der Waals surface area contributed by atoms with E-state index in [1.807, 2.05) is 0 Å². The number of allylic oxidation sites excluding steroid dienone is 2. The van der Waals surface area contributed by atoms with E-state index in [0.717, 1.165) is 0 Å². The van der Waals surface area contributed by atoms with Gasteiger partial charge in [-0.1, -0.05) is 5.70 Å². The molecule has 0 radical (unpaired) electrons. The smallest absolute Gasteiger partial charge is 0.558 e. The van der Waals surface area contributed by atoms with E-state index in [1.165, 1.54) is 6.61 Å². The molecule has 1 aliphatic rings. The second-order valence-corrected chi connectivity index (χ2v) is 1.25. The molecular formula is C5H6KNO. The molecule has 2 nitrogen and oxygen atoms in total. The van der Waals surface area contributed by atoms with Gasteiger partial charge in [-0.2, -0.15) is 6.08 Å². The first-order valence-electron chi connectivity index (χ1n) is 2.00. The fourth-order valence-corrected chi connectivity index (χ4v) is 0.353. The van der Waals surface area contributed by atoms with Crippen molar-refractivity contribution < 1.29 is 56.1 Å². The van der Waals surface area contributed by atoms with Gasteiger partial charge in [-0.25, -0.2) is 0 Å². The third kappa shape index (κ3) is 2.79. The van der Waals surface area contributed by atoms with Crippen LogP contribution in [0.4, 0.5) is 0 Å². The molecule has 0 aromatic carbocycles. The largest absolute Gasteiger partial charge is 1.00 e. The van der Waals surface area contributed by atoms with Gasteiger partial charge in [-0.15, -0.1) is 6.08 Å². The normalized spacial score (nSPS) is 14.8. The van der Waals surface area contributed by atoms with E-state index in [2.05, 4.69) is 4.74 Å². The van der Waals surface area contributed by atoms with Crippen molar-refractivity contribution in [1.29, 1.82) is 0 Å². The quantitative estimate of drug-likeness (QED) is 0.295. The molecular weight excluding hydrogens is 129 g/mol. The van der Waals surface area contributed by atoms with Crippen LogP contribution in [0.5, 0.6) is 0 Å². The van der Waals surface area contributed by atoms with Crippen molar-refractivity contribution in [2.75, 3.05) is 0 Å². The van der Waals surface area contributed by atoms with Gasteiger partial charge >= 0.3 is 51.4 Å². The number of hydrogen-bond acceptors (Lipinski definition) is 2. The second-order valence-electron chi connectivity index (χ2n) is 1.25. The van der Waals surface area contributed by atoms with Crippen LogP contribution >= 0.6 is 0 Å². The second kappa shape index (κ2) is 4.46. The van der Waals surface area contributed by atoms with Crippen LogP contribution in [-0.4, -0.2) is 0 Å². The molecule has 0 aromatic rings. The average molecular weight is 135 g/mol. The summed E-state index contributed by atoms with van der Waals surface area (Å²) in [5.74, 6) is 0. The third-order valence-electron chi connectivity index (χ3n) is 0.650. The Labute approximate surface area is 91.2 Å². The molecule has 8 heavy (non-hydrogen) atoms. The summed E-state index contributed by atoms with van der Waals surface area (Å²) in [5.41, 5.74) is 5.92. The van der Waals surface area contributed by atoms with E-state index in [0.29, 0.717) is 5.70 Å². The zero-order valence-electron chi connectivity index (χ0n) is 4.79. The fraction of sp³-hybridized carbons (Fsp3) is 0. The van der Waals surface area contributed by atoms with Gasteiger partial charge in [0.05, 0.1) is 0 Å². The number of ether oxygens (including phenoxy) is 1. The summed E-state index contributed by atoms with van der Waals surface area (Å²) in [6.45, 7) is 1.49. The molecule has 0 saturated carbocycles. The Morgan fingerprint density at radius 2 is 2.38 bits per heavy atom. The van der Waals surface area contributed by atoms with E-state index in [9.17, 15) is 0 Å². The Morgan fingerprint density at radius 3 is 2.62 bits per heavy atom. The summed E-state index contributed by atoms with van der Waals surface area (Å²) < 4.78 is 4.68. The Balaban J connectivity index is 0.000000490. The maximum absolute atomic E-state index is 5.26. The van der Waals surface area contributed by atoms with E-state index in [1.54, 1.807) is 18.4 Å². The summed E-state index contributed by atoms with van der Waals surface area (Å²) in [6.07, 6.45) is 5.08. The first-order valence-corrected chi connectivity index (χ1v) is 2.00. The Bertz CT molecular complexity index is 120. The summed E-state index contributed by atoms with van der Waals surface area (Å²) in [5, 5.41) is 0. The van der Waals surface area contributed by atoms with Gasteiger partial charge in [0.1, 0.15) is 0 Å². The number of rotatable bonds is 0. The van der Waals surface area contributed by atoms with Crippen LogP contribution < -0.4 is 57.1 Å². The van der Waals surface area contributed by atoms with Gasteiger partial charge in [0.15, 0.2) is 0 Å². The average Bonchev–Trinajstić information content (AvgIpc) is 1.69. The molecule has 0 aliphatic carbocycles. The first-order chi connectivity index (χ1) is 3.39. The predicted octanol–water partition coefficient (Wildman–Crippen LogP) is -2.46. The molecule has 0 unspecified atom stereocenters. The third-order valence-corrected chi connectivity index (χ3v) is 0.650. The van der Waals surface area contributed by atoms with Crippen LogP contribution in [0.15, 0.2) is 24.1 Å². The topological polar surface area (TPSA) is 35.2 Å². The summed E-state index contributed by atoms with van der Waals surface area (Å²) >= 11 is 0. The van der Waals surface area contributed by atoms with Crippen molar-refractivity contribution >= 4 is 0 Å². The van der Waals surface area contributed by atoms with Crippen LogP contribution in [0.1, 0.15) is 0 Å². The molecule has 1 aliphatic heterocycles. The monoisotopic (exact) mass is 135 g/mol. The van der Waals surface area contributed by atoms with Crippen molar-refractivity contribution in [2.45, 2.75) is 0 Å². The number of nitrogens with two attached hydrogens (primary N) is 1. The summed E-state index contributed by atoms with van der Waals surface area (Å²) in [4.78, 5) is 0. The zero-order valence-corrected chi connectivity index (χ0v) is 7.92. The molecule has 0 aromatic heterocycles. The van der Waals surface area contributed by atoms with Gasteiger partial charge in [0.2, 0.25) is 0 Å². The SMILES string of the molecule is NC1=CC=CO[CH-]1.[K+]. The predicted molar refractivity (Wildman–Crippen MR) is 26.8 cm³/mol. The van der Waals surface area contributed by atoms with Gasteiger partial charge < -0.3 is 10.5 Å². The van der Waals surface area contributed by atoms with Crippen molar-refractivity contribution in [3.8, 4) is 0 Å². The zero-order chi connectivity index (χ0) is 5.11. The van der Waals surface area contributed by atoms with Crippen LogP contribution in [0, 0.1) is 6.61 Å². The van der Waals surface area contributed by atoms with Crippen molar-refractivity contribution in [1.82, 2.24) is 0 Å². The minimum absolute atomic E-state index is 0. The summed E-state index contributed by atoms with van der Waals surface area (Å²) in [7, 11) is 0. The molecule has 0 spiro atoms. The maximum Gasteiger partial charge on any atom is 1.00 e.